The summed E-state index contributed by atoms with van der Waals surface area (Å²) in [5, 5.41) is 13.4. The van der Waals surface area contributed by atoms with Gasteiger partial charge in [-0.1, -0.05) is 35.9 Å². The predicted molar refractivity (Wildman–Crippen MR) is 64.3 cm³/mol. The molecule has 0 bridgehead atoms. The van der Waals surface area contributed by atoms with Crippen LogP contribution in [0.2, 0.25) is 0 Å². The summed E-state index contributed by atoms with van der Waals surface area (Å²) < 4.78 is 0. The first-order chi connectivity index (χ1) is 7.00. The van der Waals surface area contributed by atoms with Crippen LogP contribution in [0.15, 0.2) is 29.8 Å². The van der Waals surface area contributed by atoms with Crippen LogP contribution in [0.4, 0.5) is 0 Å². The van der Waals surface area contributed by atoms with Gasteiger partial charge in [-0.05, 0) is 19.9 Å². The Morgan fingerprint density at radius 1 is 1.60 bits per heavy atom. The van der Waals surface area contributed by atoms with Gasteiger partial charge in [0, 0.05) is 23.2 Å². The fourth-order valence-corrected chi connectivity index (χ4v) is 1.47. The zero-order chi connectivity index (χ0) is 11.4. The van der Waals surface area contributed by atoms with Crippen LogP contribution >= 0.6 is 11.6 Å². The van der Waals surface area contributed by atoms with Crippen molar-refractivity contribution >= 4 is 11.6 Å². The smallest absolute Gasteiger partial charge is 0.120 e. The molecular weight excluding hydrogens is 210 g/mol. The van der Waals surface area contributed by atoms with E-state index in [1.54, 1.807) is 6.07 Å². The van der Waals surface area contributed by atoms with Gasteiger partial charge in [0.25, 0.3) is 0 Å². The third kappa shape index (κ3) is 3.57. The largest absolute Gasteiger partial charge is 0.508 e. The van der Waals surface area contributed by atoms with Gasteiger partial charge in [-0.2, -0.15) is 0 Å². The van der Waals surface area contributed by atoms with E-state index in [4.69, 9.17) is 11.6 Å². The van der Waals surface area contributed by atoms with Crippen molar-refractivity contribution in [2.24, 2.45) is 0 Å². The van der Waals surface area contributed by atoms with Gasteiger partial charge in [-0.25, -0.2) is 0 Å². The Bertz CT molecular complexity index is 363. The summed E-state index contributed by atoms with van der Waals surface area (Å²) in [7, 11) is 0. The van der Waals surface area contributed by atoms with E-state index in [1.807, 2.05) is 26.0 Å². The SMILES string of the molecule is C=C(Cl)CNC(C)c1cc(C)ccc1O. The summed E-state index contributed by atoms with van der Waals surface area (Å²) in [4.78, 5) is 0. The first kappa shape index (κ1) is 12.1. The van der Waals surface area contributed by atoms with Crippen molar-refractivity contribution in [2.45, 2.75) is 19.9 Å². The lowest BCUT2D eigenvalue weighted by Crippen LogP contribution is -2.19. The fraction of sp³-hybridized carbons (Fsp3) is 0.333. The van der Waals surface area contributed by atoms with Gasteiger partial charge in [0.2, 0.25) is 0 Å². The molecule has 1 rings (SSSR count). The molecule has 0 saturated heterocycles. The van der Waals surface area contributed by atoms with Gasteiger partial charge in [0.05, 0.1) is 0 Å². The van der Waals surface area contributed by atoms with Crippen LogP contribution < -0.4 is 5.32 Å². The molecule has 2 nitrogen and oxygen atoms in total. The summed E-state index contributed by atoms with van der Waals surface area (Å²) in [5.41, 5.74) is 2.01. The molecule has 1 atom stereocenters. The minimum Gasteiger partial charge on any atom is -0.508 e. The zero-order valence-electron chi connectivity index (χ0n) is 9.05. The van der Waals surface area contributed by atoms with Crippen molar-refractivity contribution in [2.75, 3.05) is 6.54 Å². The predicted octanol–water partition coefficient (Wildman–Crippen LogP) is 3.10. The Kier molecular flexibility index (Phi) is 4.18. The molecule has 0 saturated carbocycles. The van der Waals surface area contributed by atoms with E-state index in [2.05, 4.69) is 11.9 Å². The Balaban J connectivity index is 2.76. The first-order valence-electron chi connectivity index (χ1n) is 4.87. The molecule has 1 unspecified atom stereocenters. The van der Waals surface area contributed by atoms with Gasteiger partial charge >= 0.3 is 0 Å². The lowest BCUT2D eigenvalue weighted by Gasteiger charge is -2.15. The minimum absolute atomic E-state index is 0.0559. The molecule has 0 radical (unpaired) electrons. The lowest BCUT2D eigenvalue weighted by atomic mass is 10.0. The summed E-state index contributed by atoms with van der Waals surface area (Å²) in [5.74, 6) is 0.306. The van der Waals surface area contributed by atoms with Crippen LogP contribution in [0, 0.1) is 6.92 Å². The molecule has 0 spiro atoms. The van der Waals surface area contributed by atoms with Gasteiger partial charge in [0.1, 0.15) is 5.75 Å². The van der Waals surface area contributed by atoms with E-state index in [9.17, 15) is 5.11 Å². The number of benzene rings is 1. The number of halogens is 1. The highest BCUT2D eigenvalue weighted by molar-refractivity contribution is 6.29. The average Bonchev–Trinajstić information content (AvgIpc) is 2.18. The number of rotatable bonds is 4. The normalized spacial score (nSPS) is 12.5. The standard InChI is InChI=1S/C12H16ClNO/c1-8-4-5-12(15)11(6-8)10(3)14-7-9(2)13/h4-6,10,14-15H,2,7H2,1,3H3. The summed E-state index contributed by atoms with van der Waals surface area (Å²) in [6.45, 7) is 8.12. The molecule has 0 aliphatic heterocycles. The third-order valence-electron chi connectivity index (χ3n) is 2.25. The number of aryl methyl sites for hydroxylation is 1. The lowest BCUT2D eigenvalue weighted by molar-refractivity contribution is 0.455. The van der Waals surface area contributed by atoms with Crippen LogP contribution in [0.3, 0.4) is 0 Å². The molecule has 0 aliphatic carbocycles. The third-order valence-corrected chi connectivity index (χ3v) is 2.38. The van der Waals surface area contributed by atoms with Crippen LogP contribution in [-0.2, 0) is 0 Å². The maximum atomic E-state index is 9.68. The molecule has 0 aliphatic rings. The van der Waals surface area contributed by atoms with E-state index >= 15 is 0 Å². The van der Waals surface area contributed by atoms with E-state index in [0.717, 1.165) is 11.1 Å². The zero-order valence-corrected chi connectivity index (χ0v) is 9.80. The van der Waals surface area contributed by atoms with Crippen LogP contribution in [0.1, 0.15) is 24.1 Å². The number of nitrogens with one attached hydrogen (secondary N) is 1. The Morgan fingerprint density at radius 3 is 2.87 bits per heavy atom. The number of phenols is 1. The molecule has 1 aromatic carbocycles. The highest BCUT2D eigenvalue weighted by Gasteiger charge is 2.09. The van der Waals surface area contributed by atoms with Crippen LogP contribution in [0.25, 0.3) is 0 Å². The van der Waals surface area contributed by atoms with Crippen molar-refractivity contribution in [1.29, 1.82) is 0 Å². The first-order valence-corrected chi connectivity index (χ1v) is 5.24. The van der Waals surface area contributed by atoms with Crippen molar-refractivity contribution in [3.05, 3.63) is 40.9 Å². The fourth-order valence-electron chi connectivity index (χ4n) is 1.39. The van der Waals surface area contributed by atoms with E-state index in [1.165, 1.54) is 0 Å². The Hall–Kier alpha value is -0.990. The van der Waals surface area contributed by atoms with Gasteiger partial charge in [-0.15, -0.1) is 0 Å². The topological polar surface area (TPSA) is 32.3 Å². The van der Waals surface area contributed by atoms with Crippen molar-refractivity contribution < 1.29 is 5.11 Å². The Morgan fingerprint density at radius 2 is 2.27 bits per heavy atom. The van der Waals surface area contributed by atoms with Crippen molar-refractivity contribution in [3.8, 4) is 5.75 Å². The van der Waals surface area contributed by atoms with Gasteiger partial charge in [-0.3, -0.25) is 0 Å². The minimum atomic E-state index is 0.0559. The maximum absolute atomic E-state index is 9.68. The quantitative estimate of drug-likeness (QED) is 0.826. The van der Waals surface area contributed by atoms with Gasteiger partial charge < -0.3 is 10.4 Å². The van der Waals surface area contributed by atoms with Crippen molar-refractivity contribution in [1.82, 2.24) is 5.32 Å². The molecule has 82 valence electrons. The van der Waals surface area contributed by atoms with Crippen molar-refractivity contribution in [3.63, 3.8) is 0 Å². The number of aromatic hydroxyl groups is 1. The van der Waals surface area contributed by atoms with E-state index in [0.29, 0.717) is 17.3 Å². The second kappa shape index (κ2) is 5.19. The van der Waals surface area contributed by atoms with E-state index in [-0.39, 0.29) is 6.04 Å². The molecule has 0 amide bonds. The maximum Gasteiger partial charge on any atom is 0.120 e. The molecule has 1 aromatic rings. The molecule has 0 fully saturated rings. The molecule has 0 heterocycles. The highest BCUT2D eigenvalue weighted by atomic mass is 35.5. The van der Waals surface area contributed by atoms with Crippen LogP contribution in [-0.4, -0.2) is 11.7 Å². The van der Waals surface area contributed by atoms with E-state index < -0.39 is 0 Å². The molecule has 0 aromatic heterocycles. The Labute approximate surface area is 95.6 Å². The summed E-state index contributed by atoms with van der Waals surface area (Å²) >= 11 is 5.66. The highest BCUT2D eigenvalue weighted by Crippen LogP contribution is 2.24. The summed E-state index contributed by atoms with van der Waals surface area (Å²) in [6.07, 6.45) is 0. The molecule has 2 N–H and O–H groups in total. The molecule has 15 heavy (non-hydrogen) atoms. The number of hydrogen-bond acceptors (Lipinski definition) is 2. The molecule has 3 heteroatoms. The monoisotopic (exact) mass is 225 g/mol. The summed E-state index contributed by atoms with van der Waals surface area (Å²) in [6, 6.07) is 5.61. The average molecular weight is 226 g/mol. The van der Waals surface area contributed by atoms with Gasteiger partial charge in [0.15, 0.2) is 0 Å². The molecular formula is C12H16ClNO. The second-order valence-electron chi connectivity index (χ2n) is 3.68. The van der Waals surface area contributed by atoms with Crippen LogP contribution in [0.5, 0.6) is 5.75 Å². The number of phenolic OH excluding ortho intramolecular Hbond substituents is 1. The number of hydrogen-bond donors (Lipinski definition) is 2. The second-order valence-corrected chi connectivity index (χ2v) is 4.22.